The molecule has 0 atom stereocenters. The van der Waals surface area contributed by atoms with Crippen molar-refractivity contribution in [3.63, 3.8) is 0 Å². The standard InChI is InChI=1S/C20H21N3O4/c1-22-18-16(19(24)21-20(22)25)11-15(23-7-9-26-10-8-23)12-17(18)27-13-14-5-3-2-4-6-14/h2-6,11-12H,7-10,13H2,1H3,(H,21,24,25). The molecule has 3 aromatic rings. The predicted molar refractivity (Wildman–Crippen MR) is 104 cm³/mol. The molecule has 0 amide bonds. The van der Waals surface area contributed by atoms with Crippen LogP contribution >= 0.6 is 0 Å². The van der Waals surface area contributed by atoms with Crippen LogP contribution in [-0.4, -0.2) is 35.9 Å². The number of rotatable bonds is 4. The number of nitrogens with zero attached hydrogens (tertiary/aromatic N) is 2. The van der Waals surface area contributed by atoms with E-state index >= 15 is 0 Å². The van der Waals surface area contributed by atoms with Crippen molar-refractivity contribution in [2.75, 3.05) is 31.2 Å². The molecule has 1 aromatic heterocycles. The lowest BCUT2D eigenvalue weighted by molar-refractivity contribution is 0.122. The zero-order valence-corrected chi connectivity index (χ0v) is 15.1. The highest BCUT2D eigenvalue weighted by molar-refractivity contribution is 5.88. The molecule has 140 valence electrons. The summed E-state index contributed by atoms with van der Waals surface area (Å²) in [5.74, 6) is 0.517. The van der Waals surface area contributed by atoms with E-state index in [4.69, 9.17) is 9.47 Å². The van der Waals surface area contributed by atoms with Crippen molar-refractivity contribution in [1.82, 2.24) is 9.55 Å². The Morgan fingerprint density at radius 3 is 2.59 bits per heavy atom. The van der Waals surface area contributed by atoms with Crippen LogP contribution in [0.3, 0.4) is 0 Å². The van der Waals surface area contributed by atoms with Gasteiger partial charge in [0, 0.05) is 31.9 Å². The number of ether oxygens (including phenoxy) is 2. The molecule has 0 spiro atoms. The summed E-state index contributed by atoms with van der Waals surface area (Å²) in [6.45, 7) is 3.12. The molecule has 1 aliphatic heterocycles. The number of H-pyrrole nitrogens is 1. The second kappa shape index (κ2) is 7.28. The molecule has 0 unspecified atom stereocenters. The molecule has 0 aliphatic carbocycles. The highest BCUT2D eigenvalue weighted by atomic mass is 16.5. The lowest BCUT2D eigenvalue weighted by atomic mass is 10.1. The number of fused-ring (bicyclic) bond motifs is 1. The van der Waals surface area contributed by atoms with E-state index in [1.807, 2.05) is 42.5 Å². The third kappa shape index (κ3) is 3.46. The average molecular weight is 367 g/mol. The number of hydrogen-bond donors (Lipinski definition) is 1. The Labute approximate surface area is 155 Å². The smallest absolute Gasteiger partial charge is 0.328 e. The molecule has 0 saturated carbocycles. The summed E-state index contributed by atoms with van der Waals surface area (Å²) in [5, 5.41) is 0.434. The fraction of sp³-hybridized carbons (Fsp3) is 0.300. The summed E-state index contributed by atoms with van der Waals surface area (Å²) in [6.07, 6.45) is 0. The van der Waals surface area contributed by atoms with Gasteiger partial charge in [0.2, 0.25) is 0 Å². The molecule has 0 radical (unpaired) electrons. The van der Waals surface area contributed by atoms with Crippen molar-refractivity contribution in [3.05, 3.63) is 68.9 Å². The summed E-state index contributed by atoms with van der Waals surface area (Å²) in [5.41, 5.74) is 1.52. The van der Waals surface area contributed by atoms with Crippen molar-refractivity contribution in [2.45, 2.75) is 6.61 Å². The van der Waals surface area contributed by atoms with Gasteiger partial charge in [-0.25, -0.2) is 4.79 Å². The minimum absolute atomic E-state index is 0.351. The second-order valence-electron chi connectivity index (χ2n) is 6.53. The summed E-state index contributed by atoms with van der Waals surface area (Å²) >= 11 is 0. The third-order valence-electron chi connectivity index (χ3n) is 4.78. The predicted octanol–water partition coefficient (Wildman–Crippen LogP) is 1.64. The van der Waals surface area contributed by atoms with Crippen LogP contribution in [0.4, 0.5) is 5.69 Å². The minimum atomic E-state index is -0.462. The topological polar surface area (TPSA) is 76.6 Å². The largest absolute Gasteiger partial charge is 0.487 e. The van der Waals surface area contributed by atoms with E-state index < -0.39 is 11.2 Å². The maximum atomic E-state index is 12.4. The summed E-state index contributed by atoms with van der Waals surface area (Å²) in [7, 11) is 1.63. The van der Waals surface area contributed by atoms with Gasteiger partial charge in [0.05, 0.1) is 18.6 Å². The zero-order chi connectivity index (χ0) is 18.8. The first kappa shape index (κ1) is 17.4. The van der Waals surface area contributed by atoms with Gasteiger partial charge in [-0.05, 0) is 11.6 Å². The molecular formula is C20H21N3O4. The van der Waals surface area contributed by atoms with E-state index in [9.17, 15) is 9.59 Å². The van der Waals surface area contributed by atoms with Crippen molar-refractivity contribution in [2.24, 2.45) is 7.05 Å². The Bertz CT molecular complexity index is 1070. The number of benzene rings is 2. The first-order chi connectivity index (χ1) is 13.1. The molecule has 2 heterocycles. The molecule has 1 aliphatic rings. The van der Waals surface area contributed by atoms with Gasteiger partial charge in [-0.1, -0.05) is 30.3 Å². The first-order valence-electron chi connectivity index (χ1n) is 8.90. The first-order valence-corrected chi connectivity index (χ1v) is 8.90. The van der Waals surface area contributed by atoms with E-state index in [1.165, 1.54) is 4.57 Å². The van der Waals surface area contributed by atoms with E-state index in [-0.39, 0.29) is 0 Å². The van der Waals surface area contributed by atoms with Crippen LogP contribution in [0.2, 0.25) is 0 Å². The Kier molecular flexibility index (Phi) is 4.68. The molecule has 0 bridgehead atoms. The molecule has 1 saturated heterocycles. The Balaban J connectivity index is 1.82. The van der Waals surface area contributed by atoms with Gasteiger partial charge in [0.15, 0.2) is 0 Å². The lowest BCUT2D eigenvalue weighted by Gasteiger charge is -2.29. The SMILES string of the molecule is Cn1c(=O)[nH]c(=O)c2cc(N3CCOCC3)cc(OCc3ccccc3)c21. The molecule has 7 nitrogen and oxygen atoms in total. The molecule has 4 rings (SSSR count). The molecular weight excluding hydrogens is 346 g/mol. The number of aromatic amines is 1. The number of aryl methyl sites for hydroxylation is 1. The summed E-state index contributed by atoms with van der Waals surface area (Å²) in [4.78, 5) is 29.1. The van der Waals surface area contributed by atoms with Crippen molar-refractivity contribution >= 4 is 16.6 Å². The van der Waals surface area contributed by atoms with Crippen LogP contribution in [-0.2, 0) is 18.4 Å². The van der Waals surface area contributed by atoms with Gasteiger partial charge in [0.25, 0.3) is 5.56 Å². The molecule has 2 aromatic carbocycles. The van der Waals surface area contributed by atoms with Gasteiger partial charge in [0.1, 0.15) is 17.9 Å². The maximum absolute atomic E-state index is 12.4. The molecule has 1 fully saturated rings. The molecule has 1 N–H and O–H groups in total. The lowest BCUT2D eigenvalue weighted by Crippen LogP contribution is -2.36. The number of aromatic nitrogens is 2. The molecule has 27 heavy (non-hydrogen) atoms. The minimum Gasteiger partial charge on any atom is -0.487 e. The Hall–Kier alpha value is -3.06. The van der Waals surface area contributed by atoms with Crippen molar-refractivity contribution in [3.8, 4) is 5.75 Å². The number of anilines is 1. The van der Waals surface area contributed by atoms with Gasteiger partial charge >= 0.3 is 5.69 Å². The maximum Gasteiger partial charge on any atom is 0.328 e. The van der Waals surface area contributed by atoms with Crippen molar-refractivity contribution < 1.29 is 9.47 Å². The number of nitrogens with one attached hydrogen (secondary N) is 1. The average Bonchev–Trinajstić information content (AvgIpc) is 2.71. The molecule has 7 heteroatoms. The van der Waals surface area contributed by atoms with Gasteiger partial charge < -0.3 is 14.4 Å². The fourth-order valence-corrected chi connectivity index (χ4v) is 3.31. The quantitative estimate of drug-likeness (QED) is 0.759. The van der Waals surface area contributed by atoms with Crippen molar-refractivity contribution in [1.29, 1.82) is 0 Å². The highest BCUT2D eigenvalue weighted by Gasteiger charge is 2.18. The van der Waals surface area contributed by atoms with Crippen LogP contribution in [0.1, 0.15) is 5.56 Å². The summed E-state index contributed by atoms with van der Waals surface area (Å²) < 4.78 is 12.9. The summed E-state index contributed by atoms with van der Waals surface area (Å²) in [6, 6.07) is 13.5. The van der Waals surface area contributed by atoms with Crippen LogP contribution in [0.5, 0.6) is 5.75 Å². The Morgan fingerprint density at radius 1 is 1.11 bits per heavy atom. The van der Waals surface area contributed by atoms with Crippen LogP contribution in [0.15, 0.2) is 52.1 Å². The van der Waals surface area contributed by atoms with Gasteiger partial charge in [-0.3, -0.25) is 14.3 Å². The van der Waals surface area contributed by atoms with E-state index in [1.54, 1.807) is 7.05 Å². The van der Waals surface area contributed by atoms with Gasteiger partial charge in [-0.2, -0.15) is 0 Å². The zero-order valence-electron chi connectivity index (χ0n) is 15.1. The third-order valence-corrected chi connectivity index (χ3v) is 4.78. The normalized spacial score (nSPS) is 14.5. The van der Waals surface area contributed by atoms with E-state index in [0.717, 1.165) is 24.3 Å². The van der Waals surface area contributed by atoms with E-state index in [2.05, 4.69) is 9.88 Å². The van der Waals surface area contributed by atoms with Crippen LogP contribution < -0.4 is 20.9 Å². The number of hydrogen-bond acceptors (Lipinski definition) is 5. The van der Waals surface area contributed by atoms with Crippen LogP contribution in [0.25, 0.3) is 10.9 Å². The van der Waals surface area contributed by atoms with Crippen LogP contribution in [0, 0.1) is 0 Å². The Morgan fingerprint density at radius 2 is 1.85 bits per heavy atom. The van der Waals surface area contributed by atoms with E-state index in [0.29, 0.717) is 36.5 Å². The highest BCUT2D eigenvalue weighted by Crippen LogP contribution is 2.30. The number of morpholine rings is 1. The second-order valence-corrected chi connectivity index (χ2v) is 6.53. The van der Waals surface area contributed by atoms with Gasteiger partial charge in [-0.15, -0.1) is 0 Å². The fourth-order valence-electron chi connectivity index (χ4n) is 3.31. The monoisotopic (exact) mass is 367 g/mol.